The van der Waals surface area contributed by atoms with Crippen LogP contribution in [-0.2, 0) is 0 Å². The lowest BCUT2D eigenvalue weighted by molar-refractivity contribution is 0.0923. The Labute approximate surface area is 102 Å². The number of carbonyl (C=O) groups is 1. The lowest BCUT2D eigenvalue weighted by Crippen LogP contribution is -2.30. The van der Waals surface area contributed by atoms with Gasteiger partial charge in [0.15, 0.2) is 0 Å². The van der Waals surface area contributed by atoms with Gasteiger partial charge in [0.25, 0.3) is 5.91 Å². The summed E-state index contributed by atoms with van der Waals surface area (Å²) in [5.41, 5.74) is 0.541. The van der Waals surface area contributed by atoms with Crippen molar-refractivity contribution in [2.45, 2.75) is 26.4 Å². The number of aliphatic hydroxyl groups excluding tert-OH is 1. The maximum atomic E-state index is 11.7. The highest BCUT2D eigenvalue weighted by Crippen LogP contribution is 2.13. The molecular weight excluding hydrogens is 218 g/mol. The normalized spacial score (nSPS) is 11.9. The topological polar surface area (TPSA) is 58.6 Å². The summed E-state index contributed by atoms with van der Waals surface area (Å²) < 4.78 is 5.44. The fraction of sp³-hybridized carbons (Fsp3) is 0.462. The first-order valence-corrected chi connectivity index (χ1v) is 5.82. The minimum Gasteiger partial charge on any atom is -0.494 e. The summed E-state index contributed by atoms with van der Waals surface area (Å²) in [6, 6.07) is 7.02. The summed E-state index contributed by atoms with van der Waals surface area (Å²) in [4.78, 5) is 11.7. The van der Waals surface area contributed by atoms with E-state index in [0.29, 0.717) is 17.9 Å². The van der Waals surface area contributed by atoms with Gasteiger partial charge in [-0.15, -0.1) is 0 Å². The van der Waals surface area contributed by atoms with Crippen molar-refractivity contribution in [3.05, 3.63) is 29.8 Å². The number of nitrogens with one attached hydrogen (secondary N) is 1. The van der Waals surface area contributed by atoms with E-state index in [-0.39, 0.29) is 12.5 Å². The fourth-order valence-corrected chi connectivity index (χ4v) is 1.29. The lowest BCUT2D eigenvalue weighted by Gasteiger charge is -2.09. The molecule has 0 aliphatic carbocycles. The van der Waals surface area contributed by atoms with Crippen LogP contribution in [0.25, 0.3) is 0 Å². The van der Waals surface area contributed by atoms with Crippen molar-refractivity contribution in [1.82, 2.24) is 5.32 Å². The SMILES string of the molecule is CCCOc1cccc(C(=O)NC[C@H](C)O)c1. The molecule has 4 nitrogen and oxygen atoms in total. The number of carbonyl (C=O) groups excluding carboxylic acids is 1. The maximum Gasteiger partial charge on any atom is 0.251 e. The first-order valence-electron chi connectivity index (χ1n) is 5.82. The second kappa shape index (κ2) is 6.91. The third kappa shape index (κ3) is 4.87. The average Bonchev–Trinajstić information content (AvgIpc) is 2.33. The van der Waals surface area contributed by atoms with Gasteiger partial charge in [0.1, 0.15) is 5.75 Å². The lowest BCUT2D eigenvalue weighted by atomic mass is 10.2. The zero-order valence-corrected chi connectivity index (χ0v) is 10.3. The van der Waals surface area contributed by atoms with Crippen LogP contribution in [0.5, 0.6) is 5.75 Å². The van der Waals surface area contributed by atoms with Gasteiger partial charge in [0.2, 0.25) is 0 Å². The van der Waals surface area contributed by atoms with E-state index in [4.69, 9.17) is 9.84 Å². The Morgan fingerprint density at radius 3 is 2.94 bits per heavy atom. The number of hydrogen-bond acceptors (Lipinski definition) is 3. The Balaban J connectivity index is 2.60. The number of amides is 1. The van der Waals surface area contributed by atoms with Gasteiger partial charge in [-0.25, -0.2) is 0 Å². The highest BCUT2D eigenvalue weighted by molar-refractivity contribution is 5.94. The highest BCUT2D eigenvalue weighted by Gasteiger charge is 2.07. The molecule has 0 radical (unpaired) electrons. The van der Waals surface area contributed by atoms with E-state index in [9.17, 15) is 4.79 Å². The molecule has 1 rings (SSSR count). The van der Waals surface area contributed by atoms with E-state index >= 15 is 0 Å². The van der Waals surface area contributed by atoms with Crippen molar-refractivity contribution >= 4 is 5.91 Å². The maximum absolute atomic E-state index is 11.7. The van der Waals surface area contributed by atoms with Crippen molar-refractivity contribution in [2.24, 2.45) is 0 Å². The van der Waals surface area contributed by atoms with Crippen molar-refractivity contribution < 1.29 is 14.6 Å². The number of benzene rings is 1. The summed E-state index contributed by atoms with van der Waals surface area (Å²) in [7, 11) is 0. The number of rotatable bonds is 6. The van der Waals surface area contributed by atoms with Crippen LogP contribution < -0.4 is 10.1 Å². The molecule has 0 heterocycles. The van der Waals surface area contributed by atoms with E-state index in [1.165, 1.54) is 0 Å². The molecule has 0 unspecified atom stereocenters. The van der Waals surface area contributed by atoms with Crippen LogP contribution in [-0.4, -0.2) is 30.3 Å². The molecule has 0 spiro atoms. The van der Waals surface area contributed by atoms with Gasteiger partial charge in [-0.05, 0) is 31.5 Å². The molecule has 0 saturated heterocycles. The molecule has 1 atom stereocenters. The van der Waals surface area contributed by atoms with E-state index in [2.05, 4.69) is 5.32 Å². The van der Waals surface area contributed by atoms with E-state index in [1.54, 1.807) is 25.1 Å². The molecule has 94 valence electrons. The van der Waals surface area contributed by atoms with Crippen LogP contribution in [0.2, 0.25) is 0 Å². The smallest absolute Gasteiger partial charge is 0.251 e. The van der Waals surface area contributed by atoms with Gasteiger partial charge < -0.3 is 15.2 Å². The standard InChI is InChI=1S/C13H19NO3/c1-3-7-17-12-6-4-5-11(8-12)13(16)14-9-10(2)15/h4-6,8,10,15H,3,7,9H2,1-2H3,(H,14,16)/t10-/m0/s1. The molecule has 0 fully saturated rings. The first kappa shape index (κ1) is 13.5. The predicted octanol–water partition coefficient (Wildman–Crippen LogP) is 1.59. The van der Waals surface area contributed by atoms with E-state index in [1.807, 2.05) is 13.0 Å². The molecule has 0 saturated carbocycles. The molecule has 17 heavy (non-hydrogen) atoms. The minimum atomic E-state index is -0.543. The van der Waals surface area contributed by atoms with Crippen LogP contribution in [0.1, 0.15) is 30.6 Å². The zero-order valence-electron chi connectivity index (χ0n) is 10.3. The van der Waals surface area contributed by atoms with Crippen LogP contribution in [0, 0.1) is 0 Å². The van der Waals surface area contributed by atoms with Gasteiger partial charge in [-0.1, -0.05) is 13.0 Å². The van der Waals surface area contributed by atoms with Gasteiger partial charge in [0.05, 0.1) is 12.7 Å². The quantitative estimate of drug-likeness (QED) is 0.790. The number of hydrogen-bond donors (Lipinski definition) is 2. The first-order chi connectivity index (χ1) is 8.13. The monoisotopic (exact) mass is 237 g/mol. The second-order valence-electron chi connectivity index (χ2n) is 3.94. The molecule has 4 heteroatoms. The molecule has 0 aliphatic heterocycles. The number of ether oxygens (including phenoxy) is 1. The van der Waals surface area contributed by atoms with Crippen LogP contribution in [0.15, 0.2) is 24.3 Å². The van der Waals surface area contributed by atoms with Gasteiger partial charge >= 0.3 is 0 Å². The van der Waals surface area contributed by atoms with Crippen molar-refractivity contribution in [1.29, 1.82) is 0 Å². The molecule has 0 bridgehead atoms. The van der Waals surface area contributed by atoms with Crippen molar-refractivity contribution in [2.75, 3.05) is 13.2 Å². The summed E-state index contributed by atoms with van der Waals surface area (Å²) in [6.07, 6.45) is 0.386. The second-order valence-corrected chi connectivity index (χ2v) is 3.94. The zero-order chi connectivity index (χ0) is 12.7. The Bertz CT molecular complexity index is 363. The van der Waals surface area contributed by atoms with Crippen LogP contribution in [0.3, 0.4) is 0 Å². The molecule has 2 N–H and O–H groups in total. The number of aliphatic hydroxyl groups is 1. The fourth-order valence-electron chi connectivity index (χ4n) is 1.29. The Hall–Kier alpha value is -1.55. The van der Waals surface area contributed by atoms with Crippen LogP contribution >= 0.6 is 0 Å². The van der Waals surface area contributed by atoms with E-state index in [0.717, 1.165) is 6.42 Å². The highest BCUT2D eigenvalue weighted by atomic mass is 16.5. The third-order valence-corrected chi connectivity index (χ3v) is 2.13. The molecular formula is C13H19NO3. The van der Waals surface area contributed by atoms with Gasteiger partial charge in [-0.2, -0.15) is 0 Å². The largest absolute Gasteiger partial charge is 0.494 e. The van der Waals surface area contributed by atoms with Crippen LogP contribution in [0.4, 0.5) is 0 Å². The van der Waals surface area contributed by atoms with E-state index < -0.39 is 6.10 Å². The van der Waals surface area contributed by atoms with Gasteiger partial charge in [0, 0.05) is 12.1 Å². The van der Waals surface area contributed by atoms with Gasteiger partial charge in [-0.3, -0.25) is 4.79 Å². The van der Waals surface area contributed by atoms with Crippen molar-refractivity contribution in [3.63, 3.8) is 0 Å². The molecule has 1 amide bonds. The molecule has 1 aromatic carbocycles. The third-order valence-electron chi connectivity index (χ3n) is 2.13. The Morgan fingerprint density at radius 1 is 1.53 bits per heavy atom. The summed E-state index contributed by atoms with van der Waals surface area (Å²) >= 11 is 0. The summed E-state index contributed by atoms with van der Waals surface area (Å²) in [5.74, 6) is 0.490. The molecule has 0 aromatic heterocycles. The summed E-state index contributed by atoms with van der Waals surface area (Å²) in [6.45, 7) is 4.54. The molecule has 1 aromatic rings. The van der Waals surface area contributed by atoms with Crippen molar-refractivity contribution in [3.8, 4) is 5.75 Å². The Morgan fingerprint density at radius 2 is 2.29 bits per heavy atom. The Kier molecular flexibility index (Phi) is 5.49. The summed E-state index contributed by atoms with van der Waals surface area (Å²) in [5, 5.41) is 11.7. The average molecular weight is 237 g/mol. The molecule has 0 aliphatic rings. The predicted molar refractivity (Wildman–Crippen MR) is 66.2 cm³/mol. The minimum absolute atomic E-state index is 0.201.